The molecule has 1 aliphatic rings. The van der Waals surface area contributed by atoms with E-state index < -0.39 is 0 Å². The monoisotopic (exact) mass is 109 g/mol. The van der Waals surface area contributed by atoms with Crippen LogP contribution in [0.5, 0.6) is 0 Å². The van der Waals surface area contributed by atoms with Crippen LogP contribution in [0.25, 0.3) is 0 Å². The summed E-state index contributed by atoms with van der Waals surface area (Å²) in [6.45, 7) is 3.64. The quantitative estimate of drug-likeness (QED) is 0.385. The van der Waals surface area contributed by atoms with Crippen LogP contribution in [-0.2, 0) is 0 Å². The van der Waals surface area contributed by atoms with E-state index in [1.807, 2.05) is 12.3 Å². The molecule has 1 heterocycles. The number of aliphatic imine (C=N–C) groups is 1. The Kier molecular flexibility index (Phi) is 1.84. The minimum atomic E-state index is 0.606. The second kappa shape index (κ2) is 2.65. The maximum atomic E-state index is 4.01. The first-order chi connectivity index (χ1) is 3.93. The van der Waals surface area contributed by atoms with E-state index in [1.165, 1.54) is 12.8 Å². The number of allylic oxidation sites excluding steroid dienone is 1. The molecular weight excluding hydrogens is 98.1 g/mol. The lowest BCUT2D eigenvalue weighted by Gasteiger charge is -1.89. The Morgan fingerprint density at radius 1 is 1.75 bits per heavy atom. The van der Waals surface area contributed by atoms with E-state index in [0.717, 1.165) is 6.42 Å². The van der Waals surface area contributed by atoms with E-state index >= 15 is 0 Å². The fourth-order valence-corrected chi connectivity index (χ4v) is 0.681. The van der Waals surface area contributed by atoms with E-state index in [0.29, 0.717) is 6.04 Å². The maximum Gasteiger partial charge on any atom is 0.0843 e. The first kappa shape index (κ1) is 5.54. The van der Waals surface area contributed by atoms with Crippen LogP contribution in [0.2, 0.25) is 0 Å². The molecule has 0 aliphatic carbocycles. The Hall–Kier alpha value is -0.590. The highest BCUT2D eigenvalue weighted by molar-refractivity contribution is 5.77. The molecular formula is C7H11N. The largest absolute Gasteiger partial charge is 0.286 e. The Morgan fingerprint density at radius 3 is 3.00 bits per heavy atom. The van der Waals surface area contributed by atoms with Crippen molar-refractivity contribution >= 4 is 6.21 Å². The normalized spacial score (nSPS) is 23.2. The smallest absolute Gasteiger partial charge is 0.0843 e. The second-order valence-electron chi connectivity index (χ2n) is 2.09. The fourth-order valence-electron chi connectivity index (χ4n) is 0.681. The van der Waals surface area contributed by atoms with Crippen LogP contribution in [0.1, 0.15) is 19.3 Å². The predicted molar refractivity (Wildman–Crippen MR) is 36.3 cm³/mol. The van der Waals surface area contributed by atoms with Crippen LogP contribution in [0.15, 0.2) is 17.6 Å². The van der Waals surface area contributed by atoms with Crippen molar-refractivity contribution in [2.75, 3.05) is 0 Å². The van der Waals surface area contributed by atoms with Crippen LogP contribution in [0, 0.1) is 0 Å². The molecule has 1 unspecified atom stereocenters. The number of hydrogen-bond donors (Lipinski definition) is 0. The molecule has 0 saturated carbocycles. The number of hydrogen-bond acceptors (Lipinski definition) is 1. The lowest BCUT2D eigenvalue weighted by atomic mass is 10.2. The lowest BCUT2D eigenvalue weighted by molar-refractivity contribution is 0.752. The molecule has 44 valence electrons. The summed E-state index contributed by atoms with van der Waals surface area (Å²) in [5.74, 6) is 0. The lowest BCUT2D eigenvalue weighted by Crippen LogP contribution is -1.84. The van der Waals surface area contributed by atoms with Crippen LogP contribution in [-0.4, -0.2) is 12.3 Å². The van der Waals surface area contributed by atoms with Crippen molar-refractivity contribution in [3.8, 4) is 0 Å². The summed E-state index contributed by atoms with van der Waals surface area (Å²) >= 11 is 0. The molecule has 0 amide bonds. The topological polar surface area (TPSA) is 12.4 Å². The fraction of sp³-hybridized carbons (Fsp3) is 0.571. The van der Waals surface area contributed by atoms with E-state index in [-0.39, 0.29) is 0 Å². The van der Waals surface area contributed by atoms with Crippen molar-refractivity contribution in [3.05, 3.63) is 12.7 Å². The van der Waals surface area contributed by atoms with Gasteiger partial charge in [-0.25, -0.2) is 0 Å². The number of nitrogens with zero attached hydrogens (tertiary/aromatic N) is 1. The first-order valence-electron chi connectivity index (χ1n) is 3.07. The van der Waals surface area contributed by atoms with Crippen molar-refractivity contribution in [1.82, 2.24) is 0 Å². The molecule has 0 radical (unpaired) electrons. The molecule has 0 aromatic heterocycles. The van der Waals surface area contributed by atoms with Gasteiger partial charge in [0.2, 0.25) is 0 Å². The average molecular weight is 109 g/mol. The molecule has 0 saturated heterocycles. The zero-order chi connectivity index (χ0) is 5.82. The van der Waals surface area contributed by atoms with Gasteiger partial charge in [-0.1, -0.05) is 6.08 Å². The number of unbranched alkanes of at least 4 members (excludes halogenated alkanes) is 1. The molecule has 0 fully saturated rings. The highest BCUT2D eigenvalue weighted by atomic mass is 14.9. The first-order valence-corrected chi connectivity index (χ1v) is 3.07. The van der Waals surface area contributed by atoms with Gasteiger partial charge in [-0.2, -0.15) is 0 Å². The SMILES string of the molecule is C=CCCCC1C=N1. The summed E-state index contributed by atoms with van der Waals surface area (Å²) in [7, 11) is 0. The molecule has 0 N–H and O–H groups in total. The molecule has 1 aliphatic heterocycles. The van der Waals surface area contributed by atoms with Crippen molar-refractivity contribution in [1.29, 1.82) is 0 Å². The van der Waals surface area contributed by atoms with Crippen LogP contribution in [0.4, 0.5) is 0 Å². The van der Waals surface area contributed by atoms with Crippen molar-refractivity contribution in [3.63, 3.8) is 0 Å². The molecule has 1 atom stereocenters. The standard InChI is InChI=1S/C7H11N/c1-2-3-4-5-7-6-8-7/h2,6-7H,1,3-5H2. The molecule has 0 aromatic carbocycles. The third-order valence-corrected chi connectivity index (χ3v) is 1.27. The van der Waals surface area contributed by atoms with Gasteiger partial charge < -0.3 is 0 Å². The van der Waals surface area contributed by atoms with Crippen LogP contribution < -0.4 is 0 Å². The molecule has 8 heavy (non-hydrogen) atoms. The summed E-state index contributed by atoms with van der Waals surface area (Å²) in [6.07, 6.45) is 7.57. The Balaban J connectivity index is 1.81. The van der Waals surface area contributed by atoms with Crippen molar-refractivity contribution < 1.29 is 0 Å². The van der Waals surface area contributed by atoms with Crippen molar-refractivity contribution in [2.24, 2.45) is 4.99 Å². The summed E-state index contributed by atoms with van der Waals surface area (Å²) < 4.78 is 0. The highest BCUT2D eigenvalue weighted by Crippen LogP contribution is 2.10. The minimum Gasteiger partial charge on any atom is -0.286 e. The summed E-state index contributed by atoms with van der Waals surface area (Å²) in [6, 6.07) is 0.606. The maximum absolute atomic E-state index is 4.01. The molecule has 0 aromatic rings. The molecule has 0 spiro atoms. The average Bonchev–Trinajstić information content (AvgIpc) is 2.51. The summed E-state index contributed by atoms with van der Waals surface area (Å²) in [4.78, 5) is 4.01. The highest BCUT2D eigenvalue weighted by Gasteiger charge is 2.10. The second-order valence-corrected chi connectivity index (χ2v) is 2.09. The molecule has 1 rings (SSSR count). The van der Waals surface area contributed by atoms with Gasteiger partial charge in [-0.3, -0.25) is 4.99 Å². The Morgan fingerprint density at radius 2 is 2.50 bits per heavy atom. The van der Waals surface area contributed by atoms with Gasteiger partial charge in [0.05, 0.1) is 6.04 Å². The third kappa shape index (κ3) is 1.92. The van der Waals surface area contributed by atoms with Gasteiger partial charge in [0.25, 0.3) is 0 Å². The molecule has 1 nitrogen and oxygen atoms in total. The summed E-state index contributed by atoms with van der Waals surface area (Å²) in [5, 5.41) is 0. The van der Waals surface area contributed by atoms with E-state index in [4.69, 9.17) is 0 Å². The third-order valence-electron chi connectivity index (χ3n) is 1.27. The van der Waals surface area contributed by atoms with E-state index in [9.17, 15) is 0 Å². The predicted octanol–water partition coefficient (Wildman–Crippen LogP) is 1.80. The number of rotatable bonds is 4. The van der Waals surface area contributed by atoms with Gasteiger partial charge in [-0.15, -0.1) is 6.58 Å². The van der Waals surface area contributed by atoms with Gasteiger partial charge >= 0.3 is 0 Å². The summed E-state index contributed by atoms with van der Waals surface area (Å²) in [5.41, 5.74) is 0. The van der Waals surface area contributed by atoms with Gasteiger partial charge in [-0.05, 0) is 19.3 Å². The van der Waals surface area contributed by atoms with Crippen LogP contribution in [0.3, 0.4) is 0 Å². The minimum absolute atomic E-state index is 0.606. The Labute approximate surface area is 50.1 Å². The van der Waals surface area contributed by atoms with Gasteiger partial charge in [0.15, 0.2) is 0 Å². The van der Waals surface area contributed by atoms with Gasteiger partial charge in [0, 0.05) is 6.21 Å². The molecule has 1 heteroatoms. The van der Waals surface area contributed by atoms with Crippen LogP contribution >= 0.6 is 0 Å². The Bertz CT molecular complexity index is 99.0. The van der Waals surface area contributed by atoms with Crippen molar-refractivity contribution in [2.45, 2.75) is 25.3 Å². The van der Waals surface area contributed by atoms with E-state index in [2.05, 4.69) is 11.6 Å². The molecule has 0 bridgehead atoms. The zero-order valence-electron chi connectivity index (χ0n) is 5.01. The van der Waals surface area contributed by atoms with Gasteiger partial charge in [0.1, 0.15) is 0 Å². The zero-order valence-corrected chi connectivity index (χ0v) is 5.01. The van der Waals surface area contributed by atoms with E-state index in [1.54, 1.807) is 0 Å².